The van der Waals surface area contributed by atoms with Gasteiger partial charge in [0.25, 0.3) is 0 Å². The molecule has 0 aliphatic carbocycles. The Morgan fingerprint density at radius 1 is 1.04 bits per heavy atom. The van der Waals surface area contributed by atoms with Gasteiger partial charge >= 0.3 is 0 Å². The number of ether oxygens (including phenoxy) is 1. The average molecular weight is 687 g/mol. The summed E-state index contributed by atoms with van der Waals surface area (Å²) in [6, 6.07) is 11.7. The Balaban J connectivity index is 1.21. The quantitative estimate of drug-likeness (QED) is 0.154. The Kier molecular flexibility index (Phi) is 10.9. The summed E-state index contributed by atoms with van der Waals surface area (Å²) >= 11 is 6.53. The highest BCUT2D eigenvalue weighted by molar-refractivity contribution is 6.33. The standard InChI is InChI=1S/C35H43ClN10O3/c1-4-33(48)39-29-20-28(24(22-47)19-30(29)46-12-9-25(10-13-46)45-17-15-43(2)16-18-45)41-35-38-21-26(36)34(42-35)40-27-7-5-6-8-31(27)49-23-32-37-11-14-44(32)3/h4-8,11,14,19-21,25,47H,1,9-10,12-13,15-18,22-23H2,2-3H3,(H,39,48)(H2,38,40,41,42). The van der Waals surface area contributed by atoms with Crippen molar-refractivity contribution in [2.45, 2.75) is 32.1 Å². The fraction of sp³-hybridized carbons (Fsp3) is 0.371. The predicted octanol–water partition coefficient (Wildman–Crippen LogP) is 4.76. The average Bonchev–Trinajstić information content (AvgIpc) is 3.54. The van der Waals surface area contributed by atoms with Gasteiger partial charge in [-0.05, 0) is 50.2 Å². The van der Waals surface area contributed by atoms with Crippen LogP contribution in [0, 0.1) is 0 Å². The van der Waals surface area contributed by atoms with Crippen molar-refractivity contribution in [3.63, 3.8) is 0 Å². The van der Waals surface area contributed by atoms with E-state index in [0.717, 1.165) is 63.6 Å². The highest BCUT2D eigenvalue weighted by Gasteiger charge is 2.28. The number of rotatable bonds is 12. The number of nitrogens with zero attached hydrogens (tertiary/aromatic N) is 7. The summed E-state index contributed by atoms with van der Waals surface area (Å²) in [6.07, 6.45) is 8.38. The molecule has 14 heteroatoms. The largest absolute Gasteiger partial charge is 0.484 e. The summed E-state index contributed by atoms with van der Waals surface area (Å²) in [7, 11) is 4.09. The van der Waals surface area contributed by atoms with E-state index in [1.54, 1.807) is 12.3 Å². The number of aliphatic hydroxyl groups excluding tert-OH is 1. The van der Waals surface area contributed by atoms with Gasteiger partial charge in [-0.25, -0.2) is 9.97 Å². The van der Waals surface area contributed by atoms with Crippen molar-refractivity contribution in [1.82, 2.24) is 29.3 Å². The van der Waals surface area contributed by atoms with Gasteiger partial charge in [-0.2, -0.15) is 4.98 Å². The molecule has 258 valence electrons. The minimum atomic E-state index is -0.325. The van der Waals surface area contributed by atoms with Crippen molar-refractivity contribution < 1.29 is 14.6 Å². The Bertz CT molecular complexity index is 1770. The van der Waals surface area contributed by atoms with E-state index in [4.69, 9.17) is 16.3 Å². The van der Waals surface area contributed by atoms with Crippen LogP contribution < -0.4 is 25.6 Å². The van der Waals surface area contributed by atoms with E-state index in [9.17, 15) is 9.90 Å². The molecule has 0 spiro atoms. The summed E-state index contributed by atoms with van der Waals surface area (Å²) in [5, 5.41) is 20.2. The fourth-order valence-electron chi connectivity index (χ4n) is 6.22. The first-order chi connectivity index (χ1) is 23.8. The molecule has 4 aromatic rings. The number of hydrogen-bond donors (Lipinski definition) is 4. The van der Waals surface area contributed by atoms with Gasteiger partial charge in [-0.3, -0.25) is 9.69 Å². The second-order valence-electron chi connectivity index (χ2n) is 12.3. The molecule has 2 saturated heterocycles. The second-order valence-corrected chi connectivity index (χ2v) is 12.7. The zero-order valence-electron chi connectivity index (χ0n) is 27.9. The molecule has 0 unspecified atom stereocenters. The molecule has 4 heterocycles. The number of aryl methyl sites for hydroxylation is 1. The molecular formula is C35H43ClN10O3. The van der Waals surface area contributed by atoms with Crippen molar-refractivity contribution >= 4 is 52.0 Å². The third-order valence-corrected chi connectivity index (χ3v) is 9.38. The van der Waals surface area contributed by atoms with Crippen LogP contribution in [0.15, 0.2) is 67.6 Å². The number of hydrogen-bond acceptors (Lipinski definition) is 11. The number of halogens is 1. The van der Waals surface area contributed by atoms with Gasteiger partial charge in [0.15, 0.2) is 5.82 Å². The smallest absolute Gasteiger partial charge is 0.247 e. The first-order valence-corrected chi connectivity index (χ1v) is 16.8. The Morgan fingerprint density at radius 3 is 2.53 bits per heavy atom. The molecule has 49 heavy (non-hydrogen) atoms. The minimum Gasteiger partial charge on any atom is -0.484 e. The molecule has 0 radical (unpaired) electrons. The van der Waals surface area contributed by atoms with Gasteiger partial charge in [-0.15, -0.1) is 0 Å². The topological polar surface area (TPSA) is 136 Å². The maximum absolute atomic E-state index is 12.5. The number of carbonyl (C=O) groups is 1. The van der Waals surface area contributed by atoms with Crippen molar-refractivity contribution in [3.05, 3.63) is 84.1 Å². The summed E-state index contributed by atoms with van der Waals surface area (Å²) in [5.74, 6) is 1.66. The van der Waals surface area contributed by atoms with Crippen molar-refractivity contribution in [1.29, 1.82) is 0 Å². The van der Waals surface area contributed by atoms with Gasteiger partial charge in [0.2, 0.25) is 11.9 Å². The lowest BCUT2D eigenvalue weighted by molar-refractivity contribution is -0.111. The van der Waals surface area contributed by atoms with Gasteiger partial charge in [-0.1, -0.05) is 30.3 Å². The maximum atomic E-state index is 12.5. The van der Waals surface area contributed by atoms with E-state index in [0.29, 0.717) is 45.3 Å². The number of carbonyl (C=O) groups excluding carboxylic acids is 1. The molecule has 2 aliphatic heterocycles. The first-order valence-electron chi connectivity index (χ1n) is 16.4. The number of imidazole rings is 1. The molecule has 0 atom stereocenters. The number of para-hydroxylation sites is 2. The molecule has 4 N–H and O–H groups in total. The second kappa shape index (κ2) is 15.7. The fourth-order valence-corrected chi connectivity index (χ4v) is 6.36. The van der Waals surface area contributed by atoms with Gasteiger partial charge in [0.1, 0.15) is 23.2 Å². The molecule has 13 nitrogen and oxygen atoms in total. The number of aliphatic hydroxyl groups is 1. The third-order valence-electron chi connectivity index (χ3n) is 9.10. The van der Waals surface area contributed by atoms with E-state index >= 15 is 0 Å². The Morgan fingerprint density at radius 2 is 1.82 bits per heavy atom. The molecule has 1 amide bonds. The van der Waals surface area contributed by atoms with Gasteiger partial charge in [0, 0.05) is 76.0 Å². The molecule has 0 bridgehead atoms. The lowest BCUT2D eigenvalue weighted by Gasteiger charge is -2.43. The van der Waals surface area contributed by atoms with Crippen LogP contribution in [0.3, 0.4) is 0 Å². The number of nitrogens with one attached hydrogen (secondary N) is 3. The highest BCUT2D eigenvalue weighted by Crippen LogP contribution is 2.37. The Labute approximate surface area is 291 Å². The number of benzene rings is 2. The van der Waals surface area contributed by atoms with Crippen LogP contribution in [0.1, 0.15) is 24.2 Å². The summed E-state index contributed by atoms with van der Waals surface area (Å²) in [6.45, 7) is 9.73. The third kappa shape index (κ3) is 8.31. The minimum absolute atomic E-state index is 0.234. The first kappa shape index (κ1) is 34.2. The van der Waals surface area contributed by atoms with Crippen LogP contribution in [-0.2, 0) is 25.1 Å². The van der Waals surface area contributed by atoms with Crippen molar-refractivity contribution in [3.8, 4) is 5.75 Å². The summed E-state index contributed by atoms with van der Waals surface area (Å²) < 4.78 is 7.96. The summed E-state index contributed by atoms with van der Waals surface area (Å²) in [5.41, 5.74) is 3.30. The molecule has 2 aromatic carbocycles. The van der Waals surface area contributed by atoms with E-state index in [1.165, 1.54) is 12.3 Å². The number of aromatic nitrogens is 4. The predicted molar refractivity (Wildman–Crippen MR) is 193 cm³/mol. The van der Waals surface area contributed by atoms with Gasteiger partial charge in [0.05, 0.1) is 29.9 Å². The van der Waals surface area contributed by atoms with Crippen LogP contribution in [0.25, 0.3) is 0 Å². The van der Waals surface area contributed by atoms with Gasteiger partial charge < -0.3 is 40.2 Å². The van der Waals surface area contributed by atoms with E-state index in [-0.39, 0.29) is 25.1 Å². The zero-order chi connectivity index (χ0) is 34.3. The molecule has 2 aromatic heterocycles. The summed E-state index contributed by atoms with van der Waals surface area (Å²) in [4.78, 5) is 33.2. The van der Waals surface area contributed by atoms with Crippen LogP contribution in [0.5, 0.6) is 5.75 Å². The van der Waals surface area contributed by atoms with Crippen molar-refractivity contribution in [2.24, 2.45) is 7.05 Å². The van der Waals surface area contributed by atoms with Crippen LogP contribution in [0.2, 0.25) is 5.02 Å². The number of piperidine rings is 1. The number of amides is 1. The van der Waals surface area contributed by atoms with E-state index in [2.05, 4.69) is 59.2 Å². The van der Waals surface area contributed by atoms with Crippen LogP contribution in [0.4, 0.5) is 34.5 Å². The highest BCUT2D eigenvalue weighted by atomic mass is 35.5. The maximum Gasteiger partial charge on any atom is 0.247 e. The SMILES string of the molecule is C=CC(=O)Nc1cc(Nc2ncc(Cl)c(Nc3ccccc3OCc3nccn3C)n2)c(CO)cc1N1CCC(N2CCN(C)CC2)CC1. The molecule has 6 rings (SSSR count). The Hall–Kier alpha value is -4.69. The monoisotopic (exact) mass is 686 g/mol. The zero-order valence-corrected chi connectivity index (χ0v) is 28.7. The molecule has 0 saturated carbocycles. The molecular weight excluding hydrogens is 644 g/mol. The molecule has 2 aliphatic rings. The van der Waals surface area contributed by atoms with Crippen LogP contribution in [-0.4, -0.2) is 92.7 Å². The normalized spacial score (nSPS) is 16.0. The van der Waals surface area contributed by atoms with E-state index in [1.807, 2.05) is 48.1 Å². The lowest BCUT2D eigenvalue weighted by Crippen LogP contribution is -2.52. The molecule has 2 fully saturated rings. The number of anilines is 6. The number of likely N-dealkylation sites (N-methyl/N-ethyl adjacent to an activating group) is 1. The van der Waals surface area contributed by atoms with E-state index < -0.39 is 0 Å². The number of piperazine rings is 1. The lowest BCUT2D eigenvalue weighted by atomic mass is 10.0. The van der Waals surface area contributed by atoms with Crippen molar-refractivity contribution in [2.75, 3.05) is 67.2 Å². The van der Waals surface area contributed by atoms with Crippen LogP contribution >= 0.6 is 11.6 Å².